The van der Waals surface area contributed by atoms with Crippen LogP contribution in [0.4, 0.5) is 4.39 Å². The van der Waals surface area contributed by atoms with Crippen molar-refractivity contribution >= 4 is 16.3 Å². The summed E-state index contributed by atoms with van der Waals surface area (Å²) in [7, 11) is -3.90. The van der Waals surface area contributed by atoms with E-state index in [1.165, 1.54) is 42.5 Å². The van der Waals surface area contributed by atoms with Crippen LogP contribution in [0.1, 0.15) is 21.6 Å². The van der Waals surface area contributed by atoms with Crippen molar-refractivity contribution in [3.8, 4) is 11.3 Å². The van der Waals surface area contributed by atoms with Gasteiger partial charge in [0.25, 0.3) is 10.0 Å². The summed E-state index contributed by atoms with van der Waals surface area (Å²) < 4.78 is 40.6. The normalized spacial score (nSPS) is 11.5. The predicted molar refractivity (Wildman–Crippen MR) is 93.7 cm³/mol. The second kappa shape index (κ2) is 6.29. The van der Waals surface area contributed by atoms with Crippen molar-refractivity contribution in [2.24, 2.45) is 0 Å². The lowest BCUT2D eigenvalue weighted by Crippen LogP contribution is -2.16. The molecule has 0 aliphatic heterocycles. The number of hydrogen-bond acceptors (Lipinski definition) is 3. The molecule has 0 amide bonds. The molecule has 0 unspecified atom stereocenters. The number of aryl methyl sites for hydroxylation is 1. The summed E-state index contributed by atoms with van der Waals surface area (Å²) in [6.45, 7) is 3.44. The van der Waals surface area contributed by atoms with Crippen LogP contribution in [0.5, 0.6) is 0 Å². The third-order valence-corrected chi connectivity index (χ3v) is 5.88. The van der Waals surface area contributed by atoms with E-state index in [9.17, 15) is 17.6 Å². The molecule has 0 aliphatic carbocycles. The lowest BCUT2D eigenvalue weighted by molar-refractivity contribution is 0.112. The average molecular weight is 357 g/mol. The summed E-state index contributed by atoms with van der Waals surface area (Å²) in [6.07, 6.45) is 0.615. The van der Waals surface area contributed by atoms with Gasteiger partial charge >= 0.3 is 0 Å². The van der Waals surface area contributed by atoms with Gasteiger partial charge in [-0.25, -0.2) is 16.8 Å². The van der Waals surface area contributed by atoms with E-state index < -0.39 is 15.8 Å². The topological polar surface area (TPSA) is 56.1 Å². The molecule has 0 bridgehead atoms. The third kappa shape index (κ3) is 3.00. The molecule has 6 heteroatoms. The van der Waals surface area contributed by atoms with Crippen molar-refractivity contribution in [3.63, 3.8) is 0 Å². The van der Waals surface area contributed by atoms with Crippen molar-refractivity contribution in [2.75, 3.05) is 0 Å². The molecule has 0 saturated heterocycles. The number of rotatable bonds is 4. The Balaban J connectivity index is 2.27. The molecule has 1 aromatic heterocycles. The number of carbonyl (C=O) groups excluding carboxylic acids is 1. The summed E-state index contributed by atoms with van der Waals surface area (Å²) in [6, 6.07) is 13.5. The zero-order chi connectivity index (χ0) is 18.2. The van der Waals surface area contributed by atoms with Gasteiger partial charge in [-0.3, -0.25) is 4.79 Å². The minimum atomic E-state index is -3.90. The summed E-state index contributed by atoms with van der Waals surface area (Å²) >= 11 is 0. The smallest absolute Gasteiger partial charge is 0.268 e. The van der Waals surface area contributed by atoms with Crippen molar-refractivity contribution in [1.82, 2.24) is 3.97 Å². The molecular weight excluding hydrogens is 341 g/mol. The Labute approximate surface area is 145 Å². The zero-order valence-electron chi connectivity index (χ0n) is 13.7. The summed E-state index contributed by atoms with van der Waals surface area (Å²) in [5, 5.41) is 0. The molecule has 3 aromatic rings. The Morgan fingerprint density at radius 1 is 0.960 bits per heavy atom. The number of hydrogen-bond donors (Lipinski definition) is 0. The van der Waals surface area contributed by atoms with E-state index in [0.717, 1.165) is 9.54 Å². The van der Waals surface area contributed by atoms with Crippen molar-refractivity contribution < 1.29 is 17.6 Å². The number of nitrogens with zero attached hydrogens (tertiary/aromatic N) is 1. The highest BCUT2D eigenvalue weighted by molar-refractivity contribution is 7.90. The van der Waals surface area contributed by atoms with Crippen LogP contribution in [0, 0.1) is 19.7 Å². The van der Waals surface area contributed by atoms with Gasteiger partial charge in [0.15, 0.2) is 6.29 Å². The van der Waals surface area contributed by atoms with Crippen LogP contribution in [0.2, 0.25) is 0 Å². The number of halogens is 1. The first-order valence-corrected chi connectivity index (χ1v) is 9.04. The highest BCUT2D eigenvalue weighted by Gasteiger charge is 2.25. The molecule has 0 fully saturated rings. The van der Waals surface area contributed by atoms with Gasteiger partial charge < -0.3 is 0 Å². The summed E-state index contributed by atoms with van der Waals surface area (Å²) in [5.41, 5.74) is 2.36. The molecule has 128 valence electrons. The van der Waals surface area contributed by atoms with Gasteiger partial charge in [0.05, 0.1) is 10.6 Å². The van der Waals surface area contributed by atoms with Gasteiger partial charge in [-0.15, -0.1) is 0 Å². The molecule has 0 atom stereocenters. The first-order valence-electron chi connectivity index (χ1n) is 7.60. The van der Waals surface area contributed by atoms with Crippen molar-refractivity contribution in [1.29, 1.82) is 0 Å². The fraction of sp³-hybridized carbons (Fsp3) is 0.105. The summed E-state index contributed by atoms with van der Waals surface area (Å²) in [5.74, 6) is -0.421. The van der Waals surface area contributed by atoms with Gasteiger partial charge in [-0.2, -0.15) is 0 Å². The molecule has 0 aliphatic rings. The first-order chi connectivity index (χ1) is 11.8. The number of carbonyl (C=O) groups is 1. The predicted octanol–water partition coefficient (Wildman–Crippen LogP) is 3.96. The molecule has 25 heavy (non-hydrogen) atoms. The Kier molecular flexibility index (Phi) is 4.30. The molecule has 1 heterocycles. The SMILES string of the molecule is Cc1ccc(S(=O)(=O)n2c(-c3ccc(F)cc3)cc(C=O)c2C)cc1. The van der Waals surface area contributed by atoms with E-state index >= 15 is 0 Å². The van der Waals surface area contributed by atoms with E-state index in [1.807, 2.05) is 6.92 Å². The number of aromatic nitrogens is 1. The Morgan fingerprint density at radius 2 is 1.56 bits per heavy atom. The molecule has 4 nitrogen and oxygen atoms in total. The molecule has 0 saturated carbocycles. The molecule has 3 rings (SSSR count). The van der Waals surface area contributed by atoms with Crippen LogP contribution in [0.25, 0.3) is 11.3 Å². The Bertz CT molecular complexity index is 1030. The van der Waals surface area contributed by atoms with Gasteiger partial charge in [0.2, 0.25) is 0 Å². The fourth-order valence-corrected chi connectivity index (χ4v) is 4.25. The highest BCUT2D eigenvalue weighted by Crippen LogP contribution is 2.30. The van der Waals surface area contributed by atoms with Crippen molar-refractivity contribution in [2.45, 2.75) is 18.7 Å². The van der Waals surface area contributed by atoms with E-state index in [4.69, 9.17) is 0 Å². The van der Waals surface area contributed by atoms with Gasteiger partial charge in [0.1, 0.15) is 5.82 Å². The lowest BCUT2D eigenvalue weighted by Gasteiger charge is -2.13. The fourth-order valence-electron chi connectivity index (χ4n) is 2.67. The Morgan fingerprint density at radius 3 is 2.12 bits per heavy atom. The highest BCUT2D eigenvalue weighted by atomic mass is 32.2. The average Bonchev–Trinajstić information content (AvgIpc) is 2.93. The first kappa shape index (κ1) is 17.1. The van der Waals surface area contributed by atoms with Crippen molar-refractivity contribution in [3.05, 3.63) is 77.2 Å². The maximum absolute atomic E-state index is 13.2. The van der Waals surface area contributed by atoms with Crippen LogP contribution in [-0.4, -0.2) is 18.7 Å². The van der Waals surface area contributed by atoms with Gasteiger partial charge in [0, 0.05) is 11.3 Å². The van der Waals surface area contributed by atoms with Crippen LogP contribution >= 0.6 is 0 Å². The summed E-state index contributed by atoms with van der Waals surface area (Å²) in [4.78, 5) is 11.4. The van der Waals surface area contributed by atoms with Crippen LogP contribution < -0.4 is 0 Å². The molecule has 0 N–H and O–H groups in total. The lowest BCUT2D eigenvalue weighted by atomic mass is 10.1. The number of benzene rings is 2. The zero-order valence-corrected chi connectivity index (χ0v) is 14.5. The van der Waals surface area contributed by atoms with Crippen LogP contribution in [-0.2, 0) is 10.0 Å². The van der Waals surface area contributed by atoms with Gasteiger partial charge in [-0.1, -0.05) is 17.7 Å². The Hall–Kier alpha value is -2.73. The third-order valence-electron chi connectivity index (χ3n) is 4.06. The van der Waals surface area contributed by atoms with Crippen LogP contribution in [0.3, 0.4) is 0 Å². The maximum atomic E-state index is 13.2. The van der Waals surface area contributed by atoms with Crippen LogP contribution in [0.15, 0.2) is 59.5 Å². The van der Waals surface area contributed by atoms with E-state index in [1.54, 1.807) is 19.1 Å². The van der Waals surface area contributed by atoms with Gasteiger partial charge in [-0.05, 0) is 61.9 Å². The second-order valence-electron chi connectivity index (χ2n) is 5.78. The number of aldehydes is 1. The minimum absolute atomic E-state index is 0.123. The van der Waals surface area contributed by atoms with E-state index in [0.29, 0.717) is 23.2 Å². The second-order valence-corrected chi connectivity index (χ2v) is 7.56. The minimum Gasteiger partial charge on any atom is -0.298 e. The molecule has 0 spiro atoms. The molecule has 0 radical (unpaired) electrons. The maximum Gasteiger partial charge on any atom is 0.268 e. The molecular formula is C19H16FNO3S. The van der Waals surface area contributed by atoms with E-state index in [-0.39, 0.29) is 10.5 Å². The largest absolute Gasteiger partial charge is 0.298 e. The molecule has 2 aromatic carbocycles. The monoisotopic (exact) mass is 357 g/mol. The standard InChI is InChI=1S/C19H16FNO3S/c1-13-3-9-18(10-4-13)25(23,24)21-14(2)16(12-22)11-19(21)15-5-7-17(20)8-6-15/h3-12H,1-2H3. The van der Waals surface area contributed by atoms with E-state index in [2.05, 4.69) is 0 Å². The quantitative estimate of drug-likeness (QED) is 0.664.